The number of carbonyl (C=O) groups is 2. The van der Waals surface area contributed by atoms with Crippen molar-refractivity contribution in [2.24, 2.45) is 16.2 Å². The zero-order valence-electron chi connectivity index (χ0n) is 21.0. The summed E-state index contributed by atoms with van der Waals surface area (Å²) in [7, 11) is 0. The fourth-order valence-corrected chi connectivity index (χ4v) is 7.70. The number of aliphatic hydroxyl groups is 1. The first-order valence-electron chi connectivity index (χ1n) is 13.5. The van der Waals surface area contributed by atoms with Crippen LogP contribution in [0.4, 0.5) is 5.69 Å². The van der Waals surface area contributed by atoms with E-state index in [0.717, 1.165) is 79.3 Å². The molecule has 37 heavy (non-hydrogen) atoms. The maximum Gasteiger partial charge on any atom is 0.309 e. The van der Waals surface area contributed by atoms with Gasteiger partial charge in [-0.1, -0.05) is 12.1 Å². The Hall–Kier alpha value is -3.19. The Balaban J connectivity index is 1.10. The Bertz CT molecular complexity index is 1380. The number of benzene rings is 1. The highest BCUT2D eigenvalue weighted by atomic mass is 16.4. The monoisotopic (exact) mass is 499 g/mol. The standard InChI is InChI=1S/C30H33N3O4/c34-23-4-2-11-32(16-23)22-7-6-21(31-14-22)15-33-12-8-20-3-1-5-24(26(20)33)25(35)13-29(9-10-29)30-17-28(18-30,19-30)27(36)37/h1,3,5-8,12,14,23,34H,2,4,9-11,13,15-19H2,(H,36,37). The van der Waals surface area contributed by atoms with E-state index in [1.165, 1.54) is 0 Å². The van der Waals surface area contributed by atoms with Gasteiger partial charge >= 0.3 is 5.97 Å². The summed E-state index contributed by atoms with van der Waals surface area (Å²) in [5.74, 6) is -0.488. The summed E-state index contributed by atoms with van der Waals surface area (Å²) in [6.45, 7) is 2.16. The number of hydrogen-bond acceptors (Lipinski definition) is 5. The number of Topliss-reactive ketones (excluding diaryl/α,β-unsaturated/α-hetero) is 1. The molecule has 2 bridgehead atoms. The summed E-state index contributed by atoms with van der Waals surface area (Å²) in [5, 5.41) is 20.6. The highest BCUT2D eigenvalue weighted by Crippen LogP contribution is 2.85. The third-order valence-electron chi connectivity index (χ3n) is 9.95. The normalized spacial score (nSPS) is 29.4. The van der Waals surface area contributed by atoms with Crippen LogP contribution in [0, 0.1) is 16.2 Å². The van der Waals surface area contributed by atoms with E-state index in [2.05, 4.69) is 21.6 Å². The molecule has 7 heteroatoms. The Morgan fingerprint density at radius 1 is 1.08 bits per heavy atom. The summed E-state index contributed by atoms with van der Waals surface area (Å²) in [4.78, 5) is 32.2. The Morgan fingerprint density at radius 2 is 1.89 bits per heavy atom. The van der Waals surface area contributed by atoms with E-state index in [1.54, 1.807) is 0 Å². The van der Waals surface area contributed by atoms with Gasteiger partial charge in [-0.3, -0.25) is 14.6 Å². The molecule has 1 saturated heterocycles. The van der Waals surface area contributed by atoms with Crippen molar-refractivity contribution in [3.05, 3.63) is 60.0 Å². The van der Waals surface area contributed by atoms with Gasteiger partial charge in [-0.25, -0.2) is 0 Å². The smallest absolute Gasteiger partial charge is 0.309 e. The number of ketones is 1. The maximum atomic E-state index is 13.7. The number of anilines is 1. The molecule has 3 aromatic rings. The second-order valence-electron chi connectivity index (χ2n) is 12.2. The lowest BCUT2D eigenvalue weighted by atomic mass is 9.30. The van der Waals surface area contributed by atoms with Crippen LogP contribution in [0.15, 0.2) is 48.8 Å². The summed E-state index contributed by atoms with van der Waals surface area (Å²) < 4.78 is 2.12. The molecular weight excluding hydrogens is 466 g/mol. The highest BCUT2D eigenvalue weighted by molar-refractivity contribution is 6.07. The average molecular weight is 500 g/mol. The number of β-amino-alcohol motifs (C(OH)–C–C–N with tert-alkyl or cyclic N) is 1. The van der Waals surface area contributed by atoms with Gasteiger partial charge < -0.3 is 19.7 Å². The number of aromatic nitrogens is 2. The van der Waals surface area contributed by atoms with Crippen LogP contribution >= 0.6 is 0 Å². The van der Waals surface area contributed by atoms with E-state index in [0.29, 0.717) is 19.5 Å². The first kappa shape index (κ1) is 23.0. The molecule has 1 aromatic carbocycles. The summed E-state index contributed by atoms with van der Waals surface area (Å²) >= 11 is 0. The lowest BCUT2D eigenvalue weighted by Gasteiger charge is -2.72. The second-order valence-corrected chi connectivity index (χ2v) is 12.2. The molecule has 5 fully saturated rings. The van der Waals surface area contributed by atoms with Gasteiger partial charge in [-0.2, -0.15) is 0 Å². The van der Waals surface area contributed by atoms with Crippen molar-refractivity contribution in [2.75, 3.05) is 18.0 Å². The third-order valence-corrected chi connectivity index (χ3v) is 9.95. The molecule has 2 N–H and O–H groups in total. The number of para-hydroxylation sites is 1. The van der Waals surface area contributed by atoms with E-state index in [9.17, 15) is 19.8 Å². The molecule has 8 rings (SSSR count). The minimum atomic E-state index is -0.658. The quantitative estimate of drug-likeness (QED) is 0.438. The highest BCUT2D eigenvalue weighted by Gasteiger charge is 2.80. The van der Waals surface area contributed by atoms with Crippen LogP contribution in [0.5, 0.6) is 0 Å². The van der Waals surface area contributed by atoms with Gasteiger partial charge in [0.2, 0.25) is 0 Å². The number of aliphatic hydroxyl groups excluding tert-OH is 1. The average Bonchev–Trinajstić information content (AvgIpc) is 3.48. The van der Waals surface area contributed by atoms with Gasteiger partial charge in [0.05, 0.1) is 41.2 Å². The molecule has 7 nitrogen and oxygen atoms in total. The first-order valence-corrected chi connectivity index (χ1v) is 13.5. The number of carboxylic acids is 1. The Morgan fingerprint density at radius 3 is 2.57 bits per heavy atom. The third kappa shape index (κ3) is 3.46. The SMILES string of the molecule is O=C(CC1(C23CC(C(=O)O)(C2)C3)CC1)c1cccc2ccn(Cc3ccc(N4CCCC(O)C4)cn3)c12. The minimum Gasteiger partial charge on any atom is -0.481 e. The van der Waals surface area contributed by atoms with Crippen molar-refractivity contribution in [2.45, 2.75) is 64.0 Å². The molecule has 1 atom stereocenters. The number of rotatable bonds is 8. The van der Waals surface area contributed by atoms with E-state index in [1.807, 2.05) is 36.7 Å². The van der Waals surface area contributed by atoms with Crippen molar-refractivity contribution >= 4 is 28.3 Å². The van der Waals surface area contributed by atoms with Crippen LogP contribution in [0.3, 0.4) is 0 Å². The largest absolute Gasteiger partial charge is 0.481 e. The zero-order chi connectivity index (χ0) is 25.4. The molecule has 4 aliphatic carbocycles. The van der Waals surface area contributed by atoms with Crippen LogP contribution in [0.25, 0.3) is 10.9 Å². The van der Waals surface area contributed by atoms with Gasteiger partial charge in [-0.05, 0) is 80.0 Å². The van der Waals surface area contributed by atoms with Crippen LogP contribution in [-0.4, -0.2) is 50.7 Å². The molecule has 3 heterocycles. The van der Waals surface area contributed by atoms with Gasteiger partial charge in [0.15, 0.2) is 5.78 Å². The van der Waals surface area contributed by atoms with Crippen molar-refractivity contribution in [3.8, 4) is 0 Å². The molecule has 192 valence electrons. The van der Waals surface area contributed by atoms with E-state index in [4.69, 9.17) is 4.98 Å². The molecule has 4 saturated carbocycles. The molecule has 5 aliphatic rings. The zero-order valence-corrected chi connectivity index (χ0v) is 21.0. The second kappa shape index (κ2) is 7.90. The van der Waals surface area contributed by atoms with E-state index in [-0.39, 0.29) is 22.7 Å². The molecular formula is C30H33N3O4. The lowest BCUT2D eigenvalue weighted by Crippen LogP contribution is -2.69. The molecule has 0 spiro atoms. The molecule has 0 radical (unpaired) electrons. The van der Waals surface area contributed by atoms with Crippen LogP contribution in [0.1, 0.15) is 67.4 Å². The van der Waals surface area contributed by atoms with Crippen LogP contribution in [-0.2, 0) is 11.3 Å². The fourth-order valence-electron chi connectivity index (χ4n) is 7.70. The number of aliphatic carboxylic acids is 1. The molecule has 1 unspecified atom stereocenters. The topological polar surface area (TPSA) is 95.7 Å². The van der Waals surface area contributed by atoms with Crippen molar-refractivity contribution in [1.29, 1.82) is 0 Å². The predicted molar refractivity (Wildman–Crippen MR) is 140 cm³/mol. The van der Waals surface area contributed by atoms with Gasteiger partial charge in [-0.15, -0.1) is 0 Å². The number of fused-ring (bicyclic) bond motifs is 1. The Labute approximate surface area is 216 Å². The van der Waals surface area contributed by atoms with Crippen LogP contribution in [0.2, 0.25) is 0 Å². The number of carbonyl (C=O) groups excluding carboxylic acids is 1. The lowest BCUT2D eigenvalue weighted by molar-refractivity contribution is -0.248. The van der Waals surface area contributed by atoms with Gasteiger partial charge in [0.25, 0.3) is 0 Å². The van der Waals surface area contributed by atoms with Crippen molar-refractivity contribution < 1.29 is 19.8 Å². The van der Waals surface area contributed by atoms with E-state index >= 15 is 0 Å². The predicted octanol–water partition coefficient (Wildman–Crippen LogP) is 4.65. The summed E-state index contributed by atoms with van der Waals surface area (Å²) in [6, 6.07) is 12.1. The minimum absolute atomic E-state index is 0.000285. The first-order chi connectivity index (χ1) is 17.8. The molecule has 2 aromatic heterocycles. The maximum absolute atomic E-state index is 13.7. The molecule has 1 aliphatic heterocycles. The van der Waals surface area contributed by atoms with Crippen LogP contribution < -0.4 is 4.90 Å². The van der Waals surface area contributed by atoms with Gasteiger partial charge in [0, 0.05) is 36.7 Å². The summed E-state index contributed by atoms with van der Waals surface area (Å²) in [6.07, 6.45) is 10.3. The number of carboxylic acid groups (broad SMARTS) is 1. The number of pyridine rings is 1. The van der Waals surface area contributed by atoms with Crippen molar-refractivity contribution in [3.63, 3.8) is 0 Å². The number of piperidine rings is 1. The van der Waals surface area contributed by atoms with E-state index < -0.39 is 11.4 Å². The molecule has 0 amide bonds. The van der Waals surface area contributed by atoms with Gasteiger partial charge in [0.1, 0.15) is 0 Å². The fraction of sp³-hybridized carbons (Fsp3) is 0.500. The Kier molecular flexibility index (Phi) is 4.91. The number of nitrogens with zero attached hydrogens (tertiary/aromatic N) is 3. The number of hydrogen-bond donors (Lipinski definition) is 2. The van der Waals surface area contributed by atoms with Crippen molar-refractivity contribution in [1.82, 2.24) is 9.55 Å². The summed E-state index contributed by atoms with van der Waals surface area (Å²) in [5.41, 5.74) is 3.24.